The molecule has 0 aliphatic carbocycles. The number of amides is 1. The van der Waals surface area contributed by atoms with Gasteiger partial charge in [0, 0.05) is 18.1 Å². The van der Waals surface area contributed by atoms with Gasteiger partial charge in [0.25, 0.3) is 0 Å². The lowest BCUT2D eigenvalue weighted by atomic mass is 10.1. The fourth-order valence-corrected chi connectivity index (χ4v) is 3.52. The van der Waals surface area contributed by atoms with Crippen molar-refractivity contribution in [1.29, 1.82) is 0 Å². The first kappa shape index (κ1) is 18.8. The van der Waals surface area contributed by atoms with Gasteiger partial charge in [-0.05, 0) is 49.2 Å². The molecule has 4 nitrogen and oxygen atoms in total. The topological polar surface area (TPSA) is 46.9 Å². The van der Waals surface area contributed by atoms with Crippen molar-refractivity contribution in [2.45, 2.75) is 19.0 Å². The first-order chi connectivity index (χ1) is 12.4. The van der Waals surface area contributed by atoms with Crippen LogP contribution >= 0.6 is 35.0 Å². The summed E-state index contributed by atoms with van der Waals surface area (Å²) >= 11 is 13.2. The molecule has 0 bridgehead atoms. The van der Waals surface area contributed by atoms with Gasteiger partial charge >= 0.3 is 0 Å². The Morgan fingerprint density at radius 3 is 2.73 bits per heavy atom. The summed E-state index contributed by atoms with van der Waals surface area (Å²) in [6, 6.07) is 11.3. The lowest BCUT2D eigenvalue weighted by Crippen LogP contribution is -2.14. The van der Waals surface area contributed by atoms with E-state index in [1.54, 1.807) is 24.4 Å². The van der Waals surface area contributed by atoms with E-state index in [1.165, 1.54) is 17.3 Å². The highest BCUT2D eigenvalue weighted by Gasteiger charge is 2.11. The number of carbonyl (C=O) groups is 1. The van der Waals surface area contributed by atoms with Gasteiger partial charge in [-0.2, -0.15) is 0 Å². The summed E-state index contributed by atoms with van der Waals surface area (Å²) in [5.74, 6) is 0.103. The lowest BCUT2D eigenvalue weighted by molar-refractivity contribution is -0.113. The van der Waals surface area contributed by atoms with Crippen LogP contribution in [0.2, 0.25) is 10.0 Å². The van der Waals surface area contributed by atoms with E-state index in [1.807, 2.05) is 10.8 Å². The molecule has 1 heterocycles. The van der Waals surface area contributed by atoms with Crippen molar-refractivity contribution in [2.75, 3.05) is 11.1 Å². The van der Waals surface area contributed by atoms with Gasteiger partial charge in [0.2, 0.25) is 5.91 Å². The average Bonchev–Trinajstić information content (AvgIpc) is 3.07. The molecule has 0 spiro atoms. The van der Waals surface area contributed by atoms with Gasteiger partial charge in [-0.15, -0.1) is 0 Å². The highest BCUT2D eigenvalue weighted by Crippen LogP contribution is 2.26. The molecule has 0 aliphatic heterocycles. The Bertz CT molecular complexity index is 956. The highest BCUT2D eigenvalue weighted by atomic mass is 35.5. The minimum atomic E-state index is -0.135. The second-order valence-electron chi connectivity index (χ2n) is 5.84. The van der Waals surface area contributed by atoms with Crippen molar-refractivity contribution in [3.63, 3.8) is 0 Å². The van der Waals surface area contributed by atoms with E-state index < -0.39 is 0 Å². The van der Waals surface area contributed by atoms with Gasteiger partial charge in [-0.1, -0.05) is 47.1 Å². The van der Waals surface area contributed by atoms with Crippen LogP contribution in [0.3, 0.4) is 0 Å². The standard InChI is InChI=1S/C19H17Cl2N3OS/c1-12-3-4-13(2)17(9-12)24-8-7-22-19(24)26-11-18(25)23-14-5-6-15(20)16(21)10-14/h3-10H,11H2,1-2H3,(H,23,25). The first-order valence-corrected chi connectivity index (χ1v) is 9.67. The molecule has 0 aliphatic rings. The van der Waals surface area contributed by atoms with E-state index in [-0.39, 0.29) is 11.7 Å². The maximum absolute atomic E-state index is 12.2. The lowest BCUT2D eigenvalue weighted by Gasteiger charge is -2.11. The number of aryl methyl sites for hydroxylation is 2. The van der Waals surface area contributed by atoms with Gasteiger partial charge in [-0.25, -0.2) is 4.98 Å². The van der Waals surface area contributed by atoms with Crippen LogP contribution in [0.15, 0.2) is 53.9 Å². The number of nitrogens with one attached hydrogen (secondary N) is 1. The monoisotopic (exact) mass is 405 g/mol. The van der Waals surface area contributed by atoms with Crippen molar-refractivity contribution in [2.24, 2.45) is 0 Å². The molecule has 0 unspecified atom stereocenters. The van der Waals surface area contributed by atoms with Crippen LogP contribution in [-0.2, 0) is 4.79 Å². The molecule has 1 amide bonds. The maximum atomic E-state index is 12.2. The normalized spacial score (nSPS) is 10.8. The van der Waals surface area contributed by atoms with Crippen LogP contribution in [0.4, 0.5) is 5.69 Å². The molecule has 1 N–H and O–H groups in total. The number of benzene rings is 2. The number of nitrogens with zero attached hydrogens (tertiary/aromatic N) is 2. The Morgan fingerprint density at radius 2 is 1.96 bits per heavy atom. The predicted octanol–water partition coefficient (Wildman–Crippen LogP) is 5.53. The zero-order chi connectivity index (χ0) is 18.7. The summed E-state index contributed by atoms with van der Waals surface area (Å²) in [7, 11) is 0. The second kappa shape index (κ2) is 8.16. The van der Waals surface area contributed by atoms with Crippen LogP contribution in [0.25, 0.3) is 5.69 Å². The van der Waals surface area contributed by atoms with Crippen LogP contribution in [0.5, 0.6) is 0 Å². The largest absolute Gasteiger partial charge is 0.325 e. The molecule has 0 fully saturated rings. The molecule has 0 atom stereocenters. The molecule has 26 heavy (non-hydrogen) atoms. The zero-order valence-electron chi connectivity index (χ0n) is 14.3. The Labute approximate surface area is 166 Å². The van der Waals surface area contributed by atoms with Crippen molar-refractivity contribution in [3.05, 3.63) is 70.0 Å². The third-order valence-corrected chi connectivity index (χ3v) is 5.47. The Kier molecular flexibility index (Phi) is 5.91. The summed E-state index contributed by atoms with van der Waals surface area (Å²) in [5.41, 5.74) is 4.00. The summed E-state index contributed by atoms with van der Waals surface area (Å²) in [5, 5.41) is 4.44. The molecule has 7 heteroatoms. The molecule has 3 rings (SSSR count). The van der Waals surface area contributed by atoms with Gasteiger partial charge in [0.05, 0.1) is 21.5 Å². The molecular weight excluding hydrogens is 389 g/mol. The highest BCUT2D eigenvalue weighted by molar-refractivity contribution is 7.99. The van der Waals surface area contributed by atoms with Crippen molar-refractivity contribution < 1.29 is 4.79 Å². The number of aromatic nitrogens is 2. The zero-order valence-corrected chi connectivity index (χ0v) is 16.6. The van der Waals surface area contributed by atoms with Gasteiger partial charge in [-0.3, -0.25) is 9.36 Å². The molecule has 0 saturated heterocycles. The van der Waals surface area contributed by atoms with Gasteiger partial charge in [0.15, 0.2) is 5.16 Å². The van der Waals surface area contributed by atoms with Crippen LogP contribution in [0, 0.1) is 13.8 Å². The predicted molar refractivity (Wildman–Crippen MR) is 109 cm³/mol. The Balaban J connectivity index is 1.69. The van der Waals surface area contributed by atoms with E-state index in [9.17, 15) is 4.79 Å². The Hall–Kier alpha value is -1.95. The fourth-order valence-electron chi connectivity index (χ4n) is 2.46. The van der Waals surface area contributed by atoms with Crippen molar-refractivity contribution in [1.82, 2.24) is 9.55 Å². The molecule has 134 valence electrons. The van der Waals surface area contributed by atoms with Crippen LogP contribution in [0.1, 0.15) is 11.1 Å². The maximum Gasteiger partial charge on any atom is 0.234 e. The summed E-state index contributed by atoms with van der Waals surface area (Å²) in [6.07, 6.45) is 3.64. The van der Waals surface area contributed by atoms with Crippen molar-refractivity contribution >= 4 is 46.6 Å². The number of hydrogen-bond acceptors (Lipinski definition) is 3. The second-order valence-corrected chi connectivity index (χ2v) is 7.59. The van der Waals surface area contributed by atoms with Crippen LogP contribution < -0.4 is 5.32 Å². The van der Waals surface area contributed by atoms with Crippen molar-refractivity contribution in [3.8, 4) is 5.69 Å². The Morgan fingerprint density at radius 1 is 1.15 bits per heavy atom. The third kappa shape index (κ3) is 4.41. The summed E-state index contributed by atoms with van der Waals surface area (Å²) < 4.78 is 2.00. The number of hydrogen-bond donors (Lipinski definition) is 1. The molecular formula is C19H17Cl2N3OS. The van der Waals surface area contributed by atoms with E-state index >= 15 is 0 Å². The fraction of sp³-hybridized carbons (Fsp3) is 0.158. The SMILES string of the molecule is Cc1ccc(C)c(-n2ccnc2SCC(=O)Nc2ccc(Cl)c(Cl)c2)c1. The molecule has 3 aromatic rings. The smallest absolute Gasteiger partial charge is 0.234 e. The number of rotatable bonds is 5. The number of anilines is 1. The average molecular weight is 406 g/mol. The minimum absolute atomic E-state index is 0.135. The minimum Gasteiger partial charge on any atom is -0.325 e. The number of imidazole rings is 1. The number of thioether (sulfide) groups is 1. The van der Waals surface area contributed by atoms with Gasteiger partial charge in [0.1, 0.15) is 0 Å². The molecule has 2 aromatic carbocycles. The van der Waals surface area contributed by atoms with E-state index in [0.29, 0.717) is 15.7 Å². The quantitative estimate of drug-likeness (QED) is 0.567. The van der Waals surface area contributed by atoms with Crippen LogP contribution in [-0.4, -0.2) is 21.2 Å². The van der Waals surface area contributed by atoms with E-state index in [0.717, 1.165) is 16.4 Å². The summed E-state index contributed by atoms with van der Waals surface area (Å²) in [6.45, 7) is 4.11. The van der Waals surface area contributed by atoms with E-state index in [2.05, 4.69) is 42.3 Å². The molecule has 0 saturated carbocycles. The molecule has 0 radical (unpaired) electrons. The van der Waals surface area contributed by atoms with E-state index in [4.69, 9.17) is 23.2 Å². The number of carbonyl (C=O) groups excluding carboxylic acids is 1. The third-order valence-electron chi connectivity index (χ3n) is 3.77. The molecule has 1 aromatic heterocycles. The summed E-state index contributed by atoms with van der Waals surface area (Å²) in [4.78, 5) is 16.6. The first-order valence-electron chi connectivity index (χ1n) is 7.93. The van der Waals surface area contributed by atoms with Gasteiger partial charge < -0.3 is 5.32 Å². The number of halogens is 2.